The fraction of sp³-hybridized carbons (Fsp3) is 0.571. The van der Waals surface area contributed by atoms with Crippen LogP contribution in [-0.4, -0.2) is 12.1 Å². The molecule has 0 saturated heterocycles. The average molecular weight is 254 g/mol. The number of aryl methyl sites for hydroxylation is 2. The number of rotatable bonds is 2. The largest absolute Gasteiger partial charge is 0.490 e. The first-order valence-electron chi connectivity index (χ1n) is 6.25. The van der Waals surface area contributed by atoms with Gasteiger partial charge in [-0.3, -0.25) is 0 Å². The zero-order valence-electron chi connectivity index (χ0n) is 10.5. The van der Waals surface area contributed by atoms with E-state index < -0.39 is 0 Å². The summed E-state index contributed by atoms with van der Waals surface area (Å²) in [5.41, 5.74) is 8.04. The smallest absolute Gasteiger partial charge is 0.120 e. The quantitative estimate of drug-likeness (QED) is 0.874. The van der Waals surface area contributed by atoms with Crippen molar-refractivity contribution in [2.45, 2.75) is 51.7 Å². The van der Waals surface area contributed by atoms with Crippen LogP contribution in [0.2, 0.25) is 5.02 Å². The van der Waals surface area contributed by atoms with E-state index >= 15 is 0 Å². The molecule has 0 heterocycles. The minimum absolute atomic E-state index is 0.315. The molecule has 0 aromatic heterocycles. The predicted octanol–water partition coefficient (Wildman–Crippen LogP) is 3.61. The number of nitrogens with two attached hydrogens (primary N) is 1. The summed E-state index contributed by atoms with van der Waals surface area (Å²) in [5, 5.41) is 0.836. The lowest BCUT2D eigenvalue weighted by atomic mass is 9.94. The Morgan fingerprint density at radius 1 is 1.12 bits per heavy atom. The average Bonchev–Trinajstić information content (AvgIpc) is 2.29. The SMILES string of the molecule is Cc1cc(OC2CCC(N)CC2)cc(C)c1Cl. The van der Waals surface area contributed by atoms with Gasteiger partial charge in [-0.25, -0.2) is 0 Å². The molecular formula is C14H20ClNO. The van der Waals surface area contributed by atoms with Gasteiger partial charge in [0.2, 0.25) is 0 Å². The van der Waals surface area contributed by atoms with Crippen LogP contribution in [0.3, 0.4) is 0 Å². The summed E-state index contributed by atoms with van der Waals surface area (Å²) >= 11 is 6.14. The third-order valence-electron chi connectivity index (χ3n) is 3.43. The van der Waals surface area contributed by atoms with Gasteiger partial charge in [0.25, 0.3) is 0 Å². The number of hydrogen-bond acceptors (Lipinski definition) is 2. The lowest BCUT2D eigenvalue weighted by Crippen LogP contribution is -2.31. The lowest BCUT2D eigenvalue weighted by Gasteiger charge is -2.27. The summed E-state index contributed by atoms with van der Waals surface area (Å²) in [6.07, 6.45) is 4.56. The number of ether oxygens (including phenoxy) is 1. The monoisotopic (exact) mass is 253 g/mol. The van der Waals surface area contributed by atoms with Crippen LogP contribution < -0.4 is 10.5 Å². The Bertz CT molecular complexity index is 374. The fourth-order valence-corrected chi connectivity index (χ4v) is 2.48. The van der Waals surface area contributed by atoms with Crippen LogP contribution in [0.25, 0.3) is 0 Å². The molecule has 1 fully saturated rings. The molecule has 2 rings (SSSR count). The Hall–Kier alpha value is -0.730. The second-order valence-corrected chi connectivity index (χ2v) is 5.40. The summed E-state index contributed by atoms with van der Waals surface area (Å²) in [6, 6.07) is 4.40. The van der Waals surface area contributed by atoms with Gasteiger partial charge in [0.1, 0.15) is 5.75 Å². The van der Waals surface area contributed by atoms with Gasteiger partial charge >= 0.3 is 0 Å². The number of benzene rings is 1. The molecule has 1 aromatic rings. The van der Waals surface area contributed by atoms with Gasteiger partial charge in [-0.15, -0.1) is 0 Å². The highest BCUT2D eigenvalue weighted by Crippen LogP contribution is 2.28. The van der Waals surface area contributed by atoms with Crippen molar-refractivity contribution in [1.82, 2.24) is 0 Å². The third-order valence-corrected chi connectivity index (χ3v) is 4.03. The van der Waals surface area contributed by atoms with Gasteiger partial charge in [0.15, 0.2) is 0 Å². The van der Waals surface area contributed by atoms with Crippen LogP contribution in [0.5, 0.6) is 5.75 Å². The van der Waals surface area contributed by atoms with Gasteiger partial charge < -0.3 is 10.5 Å². The summed E-state index contributed by atoms with van der Waals surface area (Å²) in [6.45, 7) is 4.03. The normalized spacial score (nSPS) is 24.7. The van der Waals surface area contributed by atoms with E-state index in [4.69, 9.17) is 22.1 Å². The predicted molar refractivity (Wildman–Crippen MR) is 71.8 cm³/mol. The standard InChI is InChI=1S/C14H20ClNO/c1-9-7-13(8-10(2)14(9)15)17-12-5-3-11(16)4-6-12/h7-8,11-12H,3-6,16H2,1-2H3. The molecular weight excluding hydrogens is 234 g/mol. The lowest BCUT2D eigenvalue weighted by molar-refractivity contribution is 0.147. The van der Waals surface area contributed by atoms with Crippen molar-refractivity contribution in [2.75, 3.05) is 0 Å². The first kappa shape index (κ1) is 12.7. The molecule has 1 aromatic carbocycles. The topological polar surface area (TPSA) is 35.2 Å². The Morgan fingerprint density at radius 3 is 2.18 bits per heavy atom. The molecule has 1 saturated carbocycles. The first-order valence-corrected chi connectivity index (χ1v) is 6.63. The maximum atomic E-state index is 6.14. The molecule has 1 aliphatic rings. The van der Waals surface area contributed by atoms with Crippen LogP contribution in [0.15, 0.2) is 12.1 Å². The Kier molecular flexibility index (Phi) is 3.95. The molecule has 2 nitrogen and oxygen atoms in total. The highest BCUT2D eigenvalue weighted by atomic mass is 35.5. The number of hydrogen-bond donors (Lipinski definition) is 1. The second-order valence-electron chi connectivity index (χ2n) is 5.03. The van der Waals surface area contributed by atoms with Gasteiger partial charge in [-0.1, -0.05) is 11.6 Å². The second kappa shape index (κ2) is 5.28. The molecule has 17 heavy (non-hydrogen) atoms. The minimum Gasteiger partial charge on any atom is -0.490 e. The Morgan fingerprint density at radius 2 is 1.65 bits per heavy atom. The first-order chi connectivity index (χ1) is 8.06. The van der Waals surface area contributed by atoms with Crippen LogP contribution in [-0.2, 0) is 0 Å². The zero-order valence-corrected chi connectivity index (χ0v) is 11.3. The van der Waals surface area contributed by atoms with E-state index in [1.807, 2.05) is 26.0 Å². The molecule has 0 bridgehead atoms. The highest BCUT2D eigenvalue weighted by molar-refractivity contribution is 6.32. The maximum absolute atomic E-state index is 6.14. The van der Waals surface area contributed by atoms with E-state index in [2.05, 4.69) is 0 Å². The van der Waals surface area contributed by atoms with Crippen LogP contribution in [0.4, 0.5) is 0 Å². The summed E-state index contributed by atoms with van der Waals surface area (Å²) < 4.78 is 6.01. The molecule has 0 spiro atoms. The van der Waals surface area contributed by atoms with Crippen molar-refractivity contribution in [3.63, 3.8) is 0 Å². The maximum Gasteiger partial charge on any atom is 0.120 e. The molecule has 0 radical (unpaired) electrons. The van der Waals surface area contributed by atoms with Crippen molar-refractivity contribution in [1.29, 1.82) is 0 Å². The van der Waals surface area contributed by atoms with E-state index in [0.717, 1.165) is 47.6 Å². The summed E-state index contributed by atoms with van der Waals surface area (Å²) in [4.78, 5) is 0. The van der Waals surface area contributed by atoms with Crippen LogP contribution in [0, 0.1) is 13.8 Å². The molecule has 0 amide bonds. The fourth-order valence-electron chi connectivity index (χ4n) is 2.37. The van der Waals surface area contributed by atoms with Crippen LogP contribution >= 0.6 is 11.6 Å². The van der Waals surface area contributed by atoms with Gasteiger partial charge in [-0.2, -0.15) is 0 Å². The van der Waals surface area contributed by atoms with E-state index in [1.54, 1.807) is 0 Å². The van der Waals surface area contributed by atoms with Crippen molar-refractivity contribution in [2.24, 2.45) is 5.73 Å². The summed E-state index contributed by atoms with van der Waals surface area (Å²) in [7, 11) is 0. The molecule has 1 aliphatic carbocycles. The van der Waals surface area contributed by atoms with Crippen molar-refractivity contribution < 1.29 is 4.74 Å². The molecule has 0 aliphatic heterocycles. The van der Waals surface area contributed by atoms with Gasteiger partial charge in [-0.05, 0) is 62.8 Å². The van der Waals surface area contributed by atoms with Crippen molar-refractivity contribution >= 4 is 11.6 Å². The highest BCUT2D eigenvalue weighted by Gasteiger charge is 2.20. The Balaban J connectivity index is 2.04. The molecule has 0 unspecified atom stereocenters. The van der Waals surface area contributed by atoms with Crippen molar-refractivity contribution in [3.8, 4) is 5.75 Å². The zero-order chi connectivity index (χ0) is 12.4. The Labute approximate surface area is 108 Å². The molecule has 94 valence electrons. The molecule has 3 heteroatoms. The van der Waals surface area contributed by atoms with E-state index in [-0.39, 0.29) is 0 Å². The van der Waals surface area contributed by atoms with Gasteiger partial charge in [0, 0.05) is 11.1 Å². The van der Waals surface area contributed by atoms with Crippen molar-refractivity contribution in [3.05, 3.63) is 28.3 Å². The molecule has 0 atom stereocenters. The summed E-state index contributed by atoms with van der Waals surface area (Å²) in [5.74, 6) is 0.935. The van der Waals surface area contributed by atoms with Gasteiger partial charge in [0.05, 0.1) is 6.10 Å². The third kappa shape index (κ3) is 3.14. The number of halogens is 1. The van der Waals surface area contributed by atoms with E-state index in [0.29, 0.717) is 12.1 Å². The van der Waals surface area contributed by atoms with E-state index in [1.165, 1.54) is 0 Å². The van der Waals surface area contributed by atoms with E-state index in [9.17, 15) is 0 Å². The van der Waals surface area contributed by atoms with Crippen LogP contribution in [0.1, 0.15) is 36.8 Å². The molecule has 2 N–H and O–H groups in total. The minimum atomic E-state index is 0.315.